The minimum Gasteiger partial charge on any atom is -0.748 e. The Morgan fingerprint density at radius 3 is 1.92 bits per heavy atom. The second-order valence-electron chi connectivity index (χ2n) is 26.2. The van der Waals surface area contributed by atoms with Gasteiger partial charge in [-0.3, -0.25) is 43.2 Å². The van der Waals surface area contributed by atoms with Crippen LogP contribution in [0.5, 0.6) is 5.75 Å². The maximum atomic E-state index is 14.2. The van der Waals surface area contributed by atoms with Crippen molar-refractivity contribution in [3.63, 3.8) is 0 Å². The zero-order chi connectivity index (χ0) is 73.1. The number of rotatable bonds is 44. The van der Waals surface area contributed by atoms with E-state index in [-0.39, 0.29) is 194 Å². The van der Waals surface area contributed by atoms with E-state index in [0.717, 1.165) is 11.1 Å². The molecule has 0 unspecified atom stereocenters. The van der Waals surface area contributed by atoms with Crippen LogP contribution in [0.1, 0.15) is 148 Å². The second-order valence-corrected chi connectivity index (χ2v) is 28.1. The van der Waals surface area contributed by atoms with Crippen LogP contribution < -0.4 is 66.2 Å². The number of aryl methyl sites for hydroxylation is 1. The number of cyclic esters (lactones) is 2. The number of unbranched alkanes of at least 4 members (excludes halogenated alkanes) is 1. The molecule has 1 fully saturated rings. The van der Waals surface area contributed by atoms with Crippen LogP contribution in [0.25, 0.3) is 0 Å². The molecule has 6 amide bonds. The molecule has 2 aromatic rings. The summed E-state index contributed by atoms with van der Waals surface area (Å²) >= 11 is 6.41. The van der Waals surface area contributed by atoms with Gasteiger partial charge in [0.05, 0.1) is 98.4 Å². The number of nitrogens with one attached hydrogen (secondary N) is 6. The molecule has 0 aromatic heterocycles. The molecule has 30 heteroatoms. The van der Waals surface area contributed by atoms with Crippen molar-refractivity contribution >= 4 is 80.7 Å². The average Bonchev–Trinajstić information content (AvgIpc) is 1.63. The first-order chi connectivity index (χ1) is 47.0. The van der Waals surface area contributed by atoms with Gasteiger partial charge in [-0.25, -0.2) is 13.2 Å². The number of amides is 6. The smallest absolute Gasteiger partial charge is 0.748 e. The SMILES string of the molecule is CNC(=O)CCCC(=O)N[C@H](C(=O)C[C@@H](CCCCNC(=O)CCOCCOCCOCCOCCC(=O)NCCS(=O)(=O)[O-])C(=O)CCc1ccc([C@H]2O[C@@H]2[C@@H](C)[C@@H]2C/C=C/C(=O)N[C@H](Cc3ccc(OC)c(Cl)c3)C(=O)NCC(C)(C)C(=O)O[C@@H](CC(C)C)C(=O)O2)cc1)C(C)C.[Na+]. The van der Waals surface area contributed by atoms with E-state index in [9.17, 15) is 60.9 Å². The Morgan fingerprint density at radius 2 is 1.34 bits per heavy atom. The van der Waals surface area contributed by atoms with Crippen molar-refractivity contribution in [1.29, 1.82) is 0 Å². The number of esters is 2. The topological polar surface area (TPSA) is 377 Å². The summed E-state index contributed by atoms with van der Waals surface area (Å²) in [6.45, 7) is 14.2. The normalized spacial score (nSPS) is 19.3. The first-order valence-electron chi connectivity index (χ1n) is 34.1. The van der Waals surface area contributed by atoms with Crippen LogP contribution in [0.2, 0.25) is 5.02 Å². The average molecular weight is 1460 g/mol. The fourth-order valence-electron chi connectivity index (χ4n) is 10.6. The number of carbonyl (C=O) groups excluding carboxylic acids is 10. The van der Waals surface area contributed by atoms with Crippen molar-refractivity contribution in [2.45, 2.75) is 175 Å². The Bertz CT molecular complexity index is 3100. The molecule has 6 N–H and O–H groups in total. The van der Waals surface area contributed by atoms with Crippen LogP contribution in [-0.4, -0.2) is 195 Å². The maximum Gasteiger partial charge on any atom is 1.00 e. The van der Waals surface area contributed by atoms with Gasteiger partial charge in [0.1, 0.15) is 29.8 Å². The van der Waals surface area contributed by atoms with Crippen molar-refractivity contribution in [3.05, 3.63) is 76.3 Å². The number of methoxy groups -OCH3 is 1. The third-order valence-corrected chi connectivity index (χ3v) is 17.6. The number of benzene rings is 2. The van der Waals surface area contributed by atoms with Crippen LogP contribution >= 0.6 is 11.6 Å². The maximum absolute atomic E-state index is 14.2. The summed E-state index contributed by atoms with van der Waals surface area (Å²) in [5.41, 5.74) is 1.02. The molecule has 8 atom stereocenters. The molecule has 2 aliphatic heterocycles. The molecule has 2 heterocycles. The molecule has 554 valence electrons. The van der Waals surface area contributed by atoms with Gasteiger partial charge < -0.3 is 74.3 Å². The number of ketones is 2. The molecule has 0 saturated carbocycles. The molecule has 0 aliphatic carbocycles. The van der Waals surface area contributed by atoms with Crippen molar-refractivity contribution in [3.8, 4) is 5.75 Å². The Morgan fingerprint density at radius 1 is 0.740 bits per heavy atom. The van der Waals surface area contributed by atoms with E-state index in [2.05, 4.69) is 31.9 Å². The first-order valence-corrected chi connectivity index (χ1v) is 36.0. The van der Waals surface area contributed by atoms with Crippen LogP contribution in [0.4, 0.5) is 0 Å². The molecule has 100 heavy (non-hydrogen) atoms. The fraction of sp³-hybridized carbons (Fsp3) is 0.657. The van der Waals surface area contributed by atoms with E-state index in [4.69, 9.17) is 49.5 Å². The summed E-state index contributed by atoms with van der Waals surface area (Å²) in [6, 6.07) is 10.7. The van der Waals surface area contributed by atoms with E-state index in [1.165, 1.54) is 20.2 Å². The number of hydrogen-bond acceptors (Lipinski definition) is 21. The van der Waals surface area contributed by atoms with Crippen molar-refractivity contribution in [2.75, 3.05) is 92.4 Å². The predicted octanol–water partition coefficient (Wildman–Crippen LogP) is 2.06. The first kappa shape index (κ1) is 88.3. The number of Topliss-reactive ketones (excluding diaryl/α,β-unsaturated/α-hetero) is 2. The van der Waals surface area contributed by atoms with Crippen LogP contribution in [0, 0.1) is 29.1 Å². The number of carbonyl (C=O) groups is 10. The van der Waals surface area contributed by atoms with E-state index in [1.807, 2.05) is 58.9 Å². The molecular weight excluding hydrogens is 1350 g/mol. The molecule has 0 spiro atoms. The quantitative estimate of drug-likeness (QED) is 0.0182. The van der Waals surface area contributed by atoms with Gasteiger partial charge in [0, 0.05) is 89.9 Å². The van der Waals surface area contributed by atoms with E-state index >= 15 is 0 Å². The van der Waals surface area contributed by atoms with Gasteiger partial charge in [0.15, 0.2) is 11.9 Å². The summed E-state index contributed by atoms with van der Waals surface area (Å²) in [6.07, 6.45) is 2.54. The Hall–Kier alpha value is -5.92. The summed E-state index contributed by atoms with van der Waals surface area (Å²) < 4.78 is 77.2. The van der Waals surface area contributed by atoms with Gasteiger partial charge in [0.25, 0.3) is 0 Å². The van der Waals surface area contributed by atoms with Crippen LogP contribution in [0.15, 0.2) is 54.6 Å². The molecule has 2 aromatic carbocycles. The van der Waals surface area contributed by atoms with E-state index in [1.54, 1.807) is 38.1 Å². The molecule has 0 radical (unpaired) electrons. The minimum absolute atomic E-state index is 0. The number of ether oxygens (including phenoxy) is 8. The van der Waals surface area contributed by atoms with Crippen molar-refractivity contribution < 1.29 is 128 Å². The van der Waals surface area contributed by atoms with E-state index in [0.29, 0.717) is 55.0 Å². The zero-order valence-corrected chi connectivity index (χ0v) is 63.3. The van der Waals surface area contributed by atoms with Gasteiger partial charge in [-0.1, -0.05) is 89.0 Å². The fourth-order valence-corrected chi connectivity index (χ4v) is 11.3. The Labute approximate surface area is 615 Å². The van der Waals surface area contributed by atoms with Gasteiger partial charge in [-0.2, -0.15) is 0 Å². The molecule has 2 aliphatic rings. The van der Waals surface area contributed by atoms with Crippen molar-refractivity contribution in [2.24, 2.45) is 29.1 Å². The summed E-state index contributed by atoms with van der Waals surface area (Å²) in [5.74, 6) is -6.00. The number of halogens is 1. The summed E-state index contributed by atoms with van der Waals surface area (Å²) in [7, 11) is -1.41. The van der Waals surface area contributed by atoms with Gasteiger partial charge in [-0.05, 0) is 92.7 Å². The zero-order valence-electron chi connectivity index (χ0n) is 59.7. The summed E-state index contributed by atoms with van der Waals surface area (Å²) in [4.78, 5) is 133. The molecule has 0 bridgehead atoms. The second kappa shape index (κ2) is 46.6. The van der Waals surface area contributed by atoms with E-state index < -0.39 is 99.3 Å². The van der Waals surface area contributed by atoms with Crippen LogP contribution in [0.3, 0.4) is 0 Å². The van der Waals surface area contributed by atoms with Gasteiger partial charge in [0.2, 0.25) is 35.4 Å². The third kappa shape index (κ3) is 34.8. The molecular formula is C70H104ClN6NaO21S. The standard InChI is InChI=1S/C70H105ClN6O21S.Na/c1-45(2)40-58-68(86)96-56(15-12-17-62(83)76-53(42-49-22-26-57(91-9)52(71)41-49)67(85)75-44-70(6,7)69(87)97-58)47(5)65-66(98-65)50-23-19-48(20-24-50)21-25-54(78)51(43-55(79)64(46(3)4)77-63(84)18-13-16-59(80)72-8)14-10-11-29-73-60(81)27-31-92-33-35-94-37-38-95-36-34-93-32-28-61(82)74-30-39-99(88,89)90;/h12,17,19-20,22-24,26,41,45-47,51,53,56,58,64-66H,10-11,13-16,18,21,25,27-40,42-44H2,1-9H3,(H,72,80)(H,73,81)(H,74,82)(H,75,85)(H,76,83)(H,77,84)(H,88,89,90);/q;+1/p-1/b17-12+;/t47-,51+,53+,56-,58-,64-,65+,66+;/m0./s1. The van der Waals surface area contributed by atoms with Crippen molar-refractivity contribution in [1.82, 2.24) is 31.9 Å². The minimum atomic E-state index is -4.40. The largest absolute Gasteiger partial charge is 1.00 e. The Kier molecular flexibility index (Phi) is 41.2. The number of epoxide rings is 1. The summed E-state index contributed by atoms with van der Waals surface area (Å²) in [5, 5.41) is 16.4. The number of hydrogen-bond donors (Lipinski definition) is 6. The predicted molar refractivity (Wildman–Crippen MR) is 365 cm³/mol. The van der Waals surface area contributed by atoms with Crippen LogP contribution in [-0.2, 0) is 104 Å². The van der Waals surface area contributed by atoms with Gasteiger partial charge in [-0.15, -0.1) is 0 Å². The van der Waals surface area contributed by atoms with Gasteiger partial charge >= 0.3 is 41.5 Å². The molecule has 4 rings (SSSR count). The third-order valence-electron chi connectivity index (χ3n) is 16.6. The Balaban J connectivity index is 0.0000260. The molecule has 27 nitrogen and oxygen atoms in total. The molecule has 1 saturated heterocycles. The monoisotopic (exact) mass is 1450 g/mol.